The molecular weight excluding hydrogens is 359 g/mol. The molecule has 0 N–H and O–H groups in total. The zero-order valence-electron chi connectivity index (χ0n) is 16.1. The zero-order valence-corrected chi connectivity index (χ0v) is 16.1. The average Bonchev–Trinajstić information content (AvgIpc) is 2.67. The standard InChI is InChI=1S/C22H23FN2O3/c1-14-12-17(23)13-16-6-5-10-25(21(14)16)20(26)9-11-24-18-7-3-4-8-19(18)28-15(2)22(24)27/h3-4,7-8,12-13,15H,5-6,9-11H2,1-2H3. The summed E-state index contributed by atoms with van der Waals surface area (Å²) in [5.74, 6) is 0.177. The zero-order chi connectivity index (χ0) is 19.8. The highest BCUT2D eigenvalue weighted by Gasteiger charge is 2.32. The number of amides is 2. The fourth-order valence-electron chi connectivity index (χ4n) is 4.10. The molecule has 1 unspecified atom stereocenters. The number of fused-ring (bicyclic) bond motifs is 2. The second kappa shape index (κ2) is 7.26. The van der Waals surface area contributed by atoms with E-state index < -0.39 is 6.10 Å². The van der Waals surface area contributed by atoms with E-state index in [1.165, 1.54) is 12.1 Å². The van der Waals surface area contributed by atoms with Crippen LogP contribution in [0.25, 0.3) is 0 Å². The first-order valence-corrected chi connectivity index (χ1v) is 9.62. The van der Waals surface area contributed by atoms with E-state index in [-0.39, 0.29) is 30.6 Å². The Morgan fingerprint density at radius 1 is 1.29 bits per heavy atom. The van der Waals surface area contributed by atoms with Crippen LogP contribution < -0.4 is 14.5 Å². The largest absolute Gasteiger partial charge is 0.479 e. The van der Waals surface area contributed by atoms with E-state index in [2.05, 4.69) is 0 Å². The number of benzene rings is 2. The quantitative estimate of drug-likeness (QED) is 0.815. The maximum Gasteiger partial charge on any atom is 0.267 e. The van der Waals surface area contributed by atoms with Gasteiger partial charge in [-0.2, -0.15) is 0 Å². The third-order valence-electron chi connectivity index (χ3n) is 5.37. The third kappa shape index (κ3) is 3.23. The number of ether oxygens (including phenoxy) is 1. The minimum Gasteiger partial charge on any atom is -0.479 e. The van der Waals surface area contributed by atoms with Crippen molar-refractivity contribution in [3.8, 4) is 5.75 Å². The number of carbonyl (C=O) groups is 2. The van der Waals surface area contributed by atoms with Crippen LogP contribution in [0, 0.1) is 12.7 Å². The molecule has 5 nitrogen and oxygen atoms in total. The predicted octanol–water partition coefficient (Wildman–Crippen LogP) is 3.62. The number of nitrogens with zero attached hydrogens (tertiary/aromatic N) is 2. The smallest absolute Gasteiger partial charge is 0.267 e. The summed E-state index contributed by atoms with van der Waals surface area (Å²) < 4.78 is 19.4. The Kier molecular flexibility index (Phi) is 4.79. The maximum atomic E-state index is 13.7. The Hall–Kier alpha value is -2.89. The van der Waals surface area contributed by atoms with E-state index in [9.17, 15) is 14.0 Å². The van der Waals surface area contributed by atoms with Gasteiger partial charge in [0.1, 0.15) is 11.6 Å². The van der Waals surface area contributed by atoms with Crippen LogP contribution in [-0.4, -0.2) is 31.0 Å². The van der Waals surface area contributed by atoms with Gasteiger partial charge in [-0.05, 0) is 62.1 Å². The summed E-state index contributed by atoms with van der Waals surface area (Å²) in [5.41, 5.74) is 3.15. The molecule has 0 saturated heterocycles. The maximum absolute atomic E-state index is 13.7. The van der Waals surface area contributed by atoms with Crippen LogP contribution in [-0.2, 0) is 16.0 Å². The van der Waals surface area contributed by atoms with Gasteiger partial charge < -0.3 is 14.5 Å². The molecule has 2 amide bonds. The summed E-state index contributed by atoms with van der Waals surface area (Å²) in [6.45, 7) is 4.44. The molecule has 28 heavy (non-hydrogen) atoms. The highest BCUT2D eigenvalue weighted by Crippen LogP contribution is 2.35. The van der Waals surface area contributed by atoms with E-state index in [4.69, 9.17) is 4.74 Å². The minimum atomic E-state index is -0.578. The Bertz CT molecular complexity index is 943. The molecular formula is C22H23FN2O3. The van der Waals surface area contributed by atoms with Gasteiger partial charge in [-0.1, -0.05) is 12.1 Å². The third-order valence-corrected chi connectivity index (χ3v) is 5.37. The van der Waals surface area contributed by atoms with Crippen LogP contribution in [0.2, 0.25) is 0 Å². The van der Waals surface area contributed by atoms with E-state index in [0.29, 0.717) is 18.0 Å². The highest BCUT2D eigenvalue weighted by atomic mass is 19.1. The highest BCUT2D eigenvalue weighted by molar-refractivity contribution is 6.01. The summed E-state index contributed by atoms with van der Waals surface area (Å²) in [7, 11) is 0. The lowest BCUT2D eigenvalue weighted by Gasteiger charge is -2.34. The lowest BCUT2D eigenvalue weighted by molar-refractivity contribution is -0.125. The van der Waals surface area contributed by atoms with E-state index in [0.717, 1.165) is 29.7 Å². The number of hydrogen-bond donors (Lipinski definition) is 0. The second-order valence-electron chi connectivity index (χ2n) is 7.35. The van der Waals surface area contributed by atoms with Gasteiger partial charge in [0.2, 0.25) is 5.91 Å². The SMILES string of the molecule is Cc1cc(F)cc2c1N(C(=O)CCN1C(=O)C(C)Oc3ccccc31)CCC2. The van der Waals surface area contributed by atoms with E-state index >= 15 is 0 Å². The van der Waals surface area contributed by atoms with E-state index in [1.54, 1.807) is 16.7 Å². The van der Waals surface area contributed by atoms with Crippen molar-refractivity contribution in [3.63, 3.8) is 0 Å². The molecule has 1 atom stereocenters. The van der Waals surface area contributed by atoms with Crippen LogP contribution in [0.3, 0.4) is 0 Å². The lowest BCUT2D eigenvalue weighted by atomic mass is 9.97. The Morgan fingerprint density at radius 2 is 2.07 bits per heavy atom. The van der Waals surface area contributed by atoms with Gasteiger partial charge in [0, 0.05) is 25.2 Å². The van der Waals surface area contributed by atoms with E-state index in [1.807, 2.05) is 31.2 Å². The fourth-order valence-corrected chi connectivity index (χ4v) is 4.10. The summed E-state index contributed by atoms with van der Waals surface area (Å²) in [4.78, 5) is 29.0. The molecule has 2 heterocycles. The van der Waals surface area contributed by atoms with Crippen LogP contribution in [0.5, 0.6) is 5.75 Å². The number of para-hydroxylation sites is 2. The molecule has 0 radical (unpaired) electrons. The van der Waals surface area contributed by atoms with Crippen LogP contribution in [0.4, 0.5) is 15.8 Å². The monoisotopic (exact) mass is 382 g/mol. The Morgan fingerprint density at radius 3 is 2.89 bits per heavy atom. The first kappa shape index (κ1) is 18.5. The Labute approximate surface area is 163 Å². The molecule has 2 aromatic rings. The van der Waals surface area contributed by atoms with Crippen molar-refractivity contribution in [2.45, 2.75) is 39.2 Å². The normalized spacial score (nSPS) is 18.4. The molecule has 0 aliphatic carbocycles. The van der Waals surface area contributed by atoms with Gasteiger partial charge in [0.05, 0.1) is 5.69 Å². The fraction of sp³-hybridized carbons (Fsp3) is 0.364. The van der Waals surface area contributed by atoms with Gasteiger partial charge in [-0.3, -0.25) is 9.59 Å². The average molecular weight is 382 g/mol. The molecule has 0 saturated carbocycles. The van der Waals surface area contributed by atoms with Gasteiger partial charge in [0.25, 0.3) is 5.91 Å². The van der Waals surface area contributed by atoms with Crippen molar-refractivity contribution < 1.29 is 18.7 Å². The predicted molar refractivity (Wildman–Crippen MR) is 105 cm³/mol. The molecule has 0 aromatic heterocycles. The number of rotatable bonds is 3. The summed E-state index contributed by atoms with van der Waals surface area (Å²) in [6.07, 6.45) is 1.19. The van der Waals surface area contributed by atoms with Gasteiger partial charge >= 0.3 is 0 Å². The van der Waals surface area contributed by atoms with Crippen molar-refractivity contribution in [2.75, 3.05) is 22.9 Å². The molecule has 146 valence electrons. The molecule has 0 spiro atoms. The van der Waals surface area contributed by atoms with Crippen molar-refractivity contribution in [1.29, 1.82) is 0 Å². The molecule has 6 heteroatoms. The summed E-state index contributed by atoms with van der Waals surface area (Å²) in [5, 5.41) is 0. The molecule has 0 fully saturated rings. The Balaban J connectivity index is 1.54. The number of halogens is 1. The summed E-state index contributed by atoms with van der Waals surface area (Å²) in [6, 6.07) is 10.3. The number of anilines is 2. The van der Waals surface area contributed by atoms with Crippen LogP contribution in [0.15, 0.2) is 36.4 Å². The van der Waals surface area contributed by atoms with Crippen LogP contribution in [0.1, 0.15) is 30.9 Å². The van der Waals surface area contributed by atoms with Crippen molar-refractivity contribution >= 4 is 23.2 Å². The van der Waals surface area contributed by atoms with Gasteiger partial charge in [0.15, 0.2) is 6.10 Å². The molecule has 2 aromatic carbocycles. The minimum absolute atomic E-state index is 0.0555. The van der Waals surface area contributed by atoms with Crippen molar-refractivity contribution in [3.05, 3.63) is 53.3 Å². The first-order chi connectivity index (χ1) is 13.5. The number of aryl methyl sites for hydroxylation is 2. The lowest BCUT2D eigenvalue weighted by Crippen LogP contribution is -2.46. The summed E-state index contributed by atoms with van der Waals surface area (Å²) >= 11 is 0. The topological polar surface area (TPSA) is 49.9 Å². The molecule has 2 aliphatic heterocycles. The van der Waals surface area contributed by atoms with Gasteiger partial charge in [-0.15, -0.1) is 0 Å². The van der Waals surface area contributed by atoms with Crippen molar-refractivity contribution in [1.82, 2.24) is 0 Å². The number of carbonyl (C=O) groups excluding carboxylic acids is 2. The van der Waals surface area contributed by atoms with Gasteiger partial charge in [-0.25, -0.2) is 4.39 Å². The number of hydrogen-bond acceptors (Lipinski definition) is 3. The molecule has 4 rings (SSSR count). The second-order valence-corrected chi connectivity index (χ2v) is 7.35. The molecule has 2 aliphatic rings. The van der Waals surface area contributed by atoms with Crippen molar-refractivity contribution in [2.24, 2.45) is 0 Å². The molecule has 0 bridgehead atoms. The van der Waals surface area contributed by atoms with Crippen LogP contribution >= 0.6 is 0 Å². The first-order valence-electron chi connectivity index (χ1n) is 9.62.